The lowest BCUT2D eigenvalue weighted by molar-refractivity contribution is 0.0389. The van der Waals surface area contributed by atoms with Crippen LogP contribution in [-0.4, -0.2) is 101 Å². The molecule has 7 nitrogen and oxygen atoms in total. The molecular formula is C21H35FN6O. The van der Waals surface area contributed by atoms with Gasteiger partial charge in [-0.2, -0.15) is 0 Å². The number of aliphatic imine (C=N–C) groups is 1. The maximum absolute atomic E-state index is 13.1. The van der Waals surface area contributed by atoms with E-state index in [0.717, 1.165) is 96.9 Å². The number of morpholine rings is 1. The van der Waals surface area contributed by atoms with Gasteiger partial charge in [0.1, 0.15) is 5.82 Å². The van der Waals surface area contributed by atoms with E-state index in [1.54, 1.807) is 0 Å². The number of hydrogen-bond acceptors (Lipinski definition) is 5. The van der Waals surface area contributed by atoms with E-state index in [0.29, 0.717) is 0 Å². The Hall–Kier alpha value is -1.90. The molecule has 2 aliphatic heterocycles. The van der Waals surface area contributed by atoms with E-state index in [2.05, 4.69) is 32.3 Å². The van der Waals surface area contributed by atoms with Crippen LogP contribution in [0.4, 0.5) is 10.1 Å². The molecule has 1 aromatic rings. The number of hydrogen-bond donors (Lipinski definition) is 2. The van der Waals surface area contributed by atoms with Gasteiger partial charge in [-0.25, -0.2) is 4.39 Å². The van der Waals surface area contributed by atoms with Gasteiger partial charge in [0.2, 0.25) is 0 Å². The van der Waals surface area contributed by atoms with Crippen LogP contribution in [0.1, 0.15) is 6.92 Å². The Labute approximate surface area is 173 Å². The molecule has 1 aromatic carbocycles. The molecule has 2 heterocycles. The average molecular weight is 407 g/mol. The molecule has 0 saturated carbocycles. The smallest absolute Gasteiger partial charge is 0.191 e. The number of nitrogens with one attached hydrogen (secondary N) is 2. The molecule has 0 atom stereocenters. The van der Waals surface area contributed by atoms with Crippen LogP contribution in [0.5, 0.6) is 0 Å². The SMILES string of the molecule is CCNC(=NCCN1CCN(c2ccc(F)cc2)CC1)NCCN1CCOCC1. The molecule has 0 bridgehead atoms. The standard InChI is InChI=1S/C21H35FN6O/c1-2-23-21(25-8-10-27-15-17-29-18-16-27)24-7-9-26-11-13-28(14-12-26)20-5-3-19(22)4-6-20/h3-6H,2,7-18H2,1H3,(H2,23,24,25). The minimum atomic E-state index is -0.180. The molecule has 0 aromatic heterocycles. The fourth-order valence-electron chi connectivity index (χ4n) is 3.68. The second-order valence-electron chi connectivity index (χ2n) is 7.45. The third kappa shape index (κ3) is 7.45. The van der Waals surface area contributed by atoms with Crippen LogP contribution in [0, 0.1) is 5.82 Å². The van der Waals surface area contributed by atoms with Crippen molar-refractivity contribution in [1.29, 1.82) is 0 Å². The Kier molecular flexibility index (Phi) is 8.98. The Morgan fingerprint density at radius 3 is 2.34 bits per heavy atom. The first-order valence-electron chi connectivity index (χ1n) is 10.8. The number of guanidine groups is 1. The van der Waals surface area contributed by atoms with Crippen LogP contribution in [0.2, 0.25) is 0 Å². The summed E-state index contributed by atoms with van der Waals surface area (Å²) < 4.78 is 18.5. The van der Waals surface area contributed by atoms with Crippen LogP contribution in [0.25, 0.3) is 0 Å². The van der Waals surface area contributed by atoms with Crippen LogP contribution >= 0.6 is 0 Å². The number of anilines is 1. The molecule has 0 spiro atoms. The Morgan fingerprint density at radius 1 is 0.966 bits per heavy atom. The highest BCUT2D eigenvalue weighted by Crippen LogP contribution is 2.16. The second-order valence-corrected chi connectivity index (χ2v) is 7.45. The van der Waals surface area contributed by atoms with E-state index in [-0.39, 0.29) is 5.82 Å². The maximum Gasteiger partial charge on any atom is 0.191 e. The lowest BCUT2D eigenvalue weighted by Gasteiger charge is -2.35. The van der Waals surface area contributed by atoms with Crippen molar-refractivity contribution in [3.05, 3.63) is 30.1 Å². The van der Waals surface area contributed by atoms with Gasteiger partial charge in [0.15, 0.2) is 5.96 Å². The van der Waals surface area contributed by atoms with Gasteiger partial charge >= 0.3 is 0 Å². The summed E-state index contributed by atoms with van der Waals surface area (Å²) in [5.41, 5.74) is 1.10. The van der Waals surface area contributed by atoms with Crippen molar-refractivity contribution in [1.82, 2.24) is 20.4 Å². The third-order valence-corrected chi connectivity index (χ3v) is 5.42. The molecule has 2 N–H and O–H groups in total. The number of piperazine rings is 1. The summed E-state index contributed by atoms with van der Waals surface area (Å²) in [4.78, 5) is 11.9. The highest BCUT2D eigenvalue weighted by molar-refractivity contribution is 5.79. The molecule has 3 rings (SSSR count). The predicted octanol–water partition coefficient (Wildman–Crippen LogP) is 0.835. The zero-order valence-electron chi connectivity index (χ0n) is 17.6. The third-order valence-electron chi connectivity index (χ3n) is 5.42. The highest BCUT2D eigenvalue weighted by atomic mass is 19.1. The van der Waals surface area contributed by atoms with Crippen LogP contribution in [-0.2, 0) is 4.74 Å². The fourth-order valence-corrected chi connectivity index (χ4v) is 3.68. The number of nitrogens with zero attached hydrogens (tertiary/aromatic N) is 4. The van der Waals surface area contributed by atoms with E-state index in [9.17, 15) is 4.39 Å². The van der Waals surface area contributed by atoms with Crippen LogP contribution < -0.4 is 15.5 Å². The van der Waals surface area contributed by atoms with Crippen LogP contribution in [0.15, 0.2) is 29.3 Å². The summed E-state index contributed by atoms with van der Waals surface area (Å²) >= 11 is 0. The molecule has 0 radical (unpaired) electrons. The Bertz CT molecular complexity index is 612. The van der Waals surface area contributed by atoms with Crippen molar-refractivity contribution < 1.29 is 9.13 Å². The molecular weight excluding hydrogens is 371 g/mol. The van der Waals surface area contributed by atoms with Crippen molar-refractivity contribution >= 4 is 11.6 Å². The summed E-state index contributed by atoms with van der Waals surface area (Å²) in [6.45, 7) is 14.2. The average Bonchev–Trinajstić information content (AvgIpc) is 2.76. The first-order valence-corrected chi connectivity index (χ1v) is 10.8. The summed E-state index contributed by atoms with van der Waals surface area (Å²) in [7, 11) is 0. The van der Waals surface area contributed by atoms with E-state index in [1.807, 2.05) is 12.1 Å². The zero-order chi connectivity index (χ0) is 20.3. The molecule has 29 heavy (non-hydrogen) atoms. The maximum atomic E-state index is 13.1. The lowest BCUT2D eigenvalue weighted by atomic mass is 10.2. The molecule has 2 aliphatic rings. The minimum absolute atomic E-state index is 0.180. The summed E-state index contributed by atoms with van der Waals surface area (Å²) in [5.74, 6) is 0.714. The topological polar surface area (TPSA) is 55.4 Å². The second kappa shape index (κ2) is 11.9. The van der Waals surface area contributed by atoms with Gasteiger partial charge in [0.25, 0.3) is 0 Å². The lowest BCUT2D eigenvalue weighted by Crippen LogP contribution is -2.47. The van der Waals surface area contributed by atoms with E-state index >= 15 is 0 Å². The normalized spacial score (nSPS) is 19.4. The molecule has 0 amide bonds. The molecule has 8 heteroatoms. The first-order chi connectivity index (χ1) is 14.2. The predicted molar refractivity (Wildman–Crippen MR) is 116 cm³/mol. The Morgan fingerprint density at radius 2 is 1.66 bits per heavy atom. The van der Waals surface area contributed by atoms with Gasteiger partial charge in [-0.3, -0.25) is 14.8 Å². The molecule has 2 saturated heterocycles. The van der Waals surface area contributed by atoms with Gasteiger partial charge in [0, 0.05) is 71.1 Å². The van der Waals surface area contributed by atoms with E-state index < -0.39 is 0 Å². The van der Waals surface area contributed by atoms with Crippen molar-refractivity contribution in [2.75, 3.05) is 90.1 Å². The van der Waals surface area contributed by atoms with Crippen molar-refractivity contribution in [2.24, 2.45) is 4.99 Å². The van der Waals surface area contributed by atoms with Crippen molar-refractivity contribution in [3.8, 4) is 0 Å². The van der Waals surface area contributed by atoms with Gasteiger partial charge in [-0.05, 0) is 31.2 Å². The van der Waals surface area contributed by atoms with E-state index in [1.165, 1.54) is 12.1 Å². The van der Waals surface area contributed by atoms with Gasteiger partial charge < -0.3 is 20.3 Å². The largest absolute Gasteiger partial charge is 0.379 e. The van der Waals surface area contributed by atoms with E-state index in [4.69, 9.17) is 9.73 Å². The molecule has 2 fully saturated rings. The zero-order valence-corrected chi connectivity index (χ0v) is 17.6. The summed E-state index contributed by atoms with van der Waals surface area (Å²) in [5, 5.41) is 6.77. The Balaban J connectivity index is 1.35. The summed E-state index contributed by atoms with van der Waals surface area (Å²) in [6.07, 6.45) is 0. The highest BCUT2D eigenvalue weighted by Gasteiger charge is 2.17. The number of benzene rings is 1. The number of rotatable bonds is 8. The monoisotopic (exact) mass is 406 g/mol. The fraction of sp³-hybridized carbons (Fsp3) is 0.667. The van der Waals surface area contributed by atoms with Crippen molar-refractivity contribution in [3.63, 3.8) is 0 Å². The molecule has 0 aliphatic carbocycles. The quantitative estimate of drug-likeness (QED) is 0.493. The molecule has 162 valence electrons. The first kappa shape index (κ1) is 21.8. The number of ether oxygens (including phenoxy) is 1. The van der Waals surface area contributed by atoms with Gasteiger partial charge in [-0.1, -0.05) is 0 Å². The summed E-state index contributed by atoms with van der Waals surface area (Å²) in [6, 6.07) is 6.79. The minimum Gasteiger partial charge on any atom is -0.379 e. The molecule has 0 unspecified atom stereocenters. The van der Waals surface area contributed by atoms with Crippen molar-refractivity contribution in [2.45, 2.75) is 6.92 Å². The van der Waals surface area contributed by atoms with Gasteiger partial charge in [-0.15, -0.1) is 0 Å². The van der Waals surface area contributed by atoms with Gasteiger partial charge in [0.05, 0.1) is 19.8 Å². The number of halogens is 1. The van der Waals surface area contributed by atoms with Crippen LogP contribution in [0.3, 0.4) is 0 Å².